The van der Waals surface area contributed by atoms with Gasteiger partial charge in [-0.15, -0.1) is 11.6 Å². The maximum absolute atomic E-state index is 12.3. The van der Waals surface area contributed by atoms with Crippen LogP contribution < -0.4 is 0 Å². The lowest BCUT2D eigenvalue weighted by molar-refractivity contribution is 0.0698. The van der Waals surface area contributed by atoms with Crippen LogP contribution in [0.4, 0.5) is 0 Å². The van der Waals surface area contributed by atoms with Gasteiger partial charge in [-0.2, -0.15) is 0 Å². The normalized spacial score (nSPS) is 16.9. The first-order valence-corrected chi connectivity index (χ1v) is 7.14. The number of alkyl halides is 1. The molecular formula is C14H17Cl2NO. The summed E-state index contributed by atoms with van der Waals surface area (Å²) in [5.41, 5.74) is 1.67. The number of carbonyl (C=O) groups excluding carboxylic acids is 1. The largest absolute Gasteiger partial charge is 0.339 e. The zero-order valence-corrected chi connectivity index (χ0v) is 12.0. The van der Waals surface area contributed by atoms with E-state index in [2.05, 4.69) is 0 Å². The zero-order chi connectivity index (χ0) is 13.1. The summed E-state index contributed by atoms with van der Waals surface area (Å²) in [4.78, 5) is 14.2. The maximum Gasteiger partial charge on any atom is 0.253 e. The summed E-state index contributed by atoms with van der Waals surface area (Å²) >= 11 is 11.9. The van der Waals surface area contributed by atoms with E-state index in [1.807, 2.05) is 24.0 Å². The molecule has 0 bridgehead atoms. The van der Waals surface area contributed by atoms with E-state index in [1.54, 1.807) is 6.07 Å². The van der Waals surface area contributed by atoms with Crippen molar-refractivity contribution < 1.29 is 4.79 Å². The summed E-state index contributed by atoms with van der Waals surface area (Å²) in [6.45, 7) is 3.52. The van der Waals surface area contributed by atoms with Crippen molar-refractivity contribution in [1.82, 2.24) is 4.90 Å². The Labute approximate surface area is 118 Å². The van der Waals surface area contributed by atoms with Crippen LogP contribution in [0, 0.1) is 12.8 Å². The minimum atomic E-state index is 0.0740. The van der Waals surface area contributed by atoms with Crippen LogP contribution in [0.3, 0.4) is 0 Å². The number of hydrogen-bond acceptors (Lipinski definition) is 1. The highest BCUT2D eigenvalue weighted by Gasteiger charge is 2.23. The van der Waals surface area contributed by atoms with Crippen molar-refractivity contribution in [3.05, 3.63) is 34.3 Å². The van der Waals surface area contributed by atoms with Gasteiger partial charge in [0.1, 0.15) is 0 Å². The average molecular weight is 286 g/mol. The summed E-state index contributed by atoms with van der Waals surface area (Å²) in [7, 11) is 0. The molecule has 98 valence electrons. The third-order valence-electron chi connectivity index (χ3n) is 3.54. The zero-order valence-electron chi connectivity index (χ0n) is 10.5. The molecule has 1 aliphatic heterocycles. The first-order valence-electron chi connectivity index (χ1n) is 6.23. The summed E-state index contributed by atoms with van der Waals surface area (Å²) in [5, 5.41) is 0.650. The molecule has 4 heteroatoms. The number of rotatable bonds is 2. The third-order valence-corrected chi connectivity index (χ3v) is 4.38. The molecule has 0 aromatic heterocycles. The predicted molar refractivity (Wildman–Crippen MR) is 75.5 cm³/mol. The van der Waals surface area contributed by atoms with E-state index in [-0.39, 0.29) is 5.91 Å². The Morgan fingerprint density at radius 3 is 2.61 bits per heavy atom. The summed E-state index contributed by atoms with van der Waals surface area (Å²) < 4.78 is 0. The molecule has 1 amide bonds. The summed E-state index contributed by atoms with van der Waals surface area (Å²) in [5.74, 6) is 1.32. The molecule has 0 unspecified atom stereocenters. The first-order chi connectivity index (χ1) is 8.61. The summed E-state index contributed by atoms with van der Waals surface area (Å²) in [6.07, 6.45) is 1.99. The van der Waals surface area contributed by atoms with E-state index in [0.717, 1.165) is 31.5 Å². The van der Waals surface area contributed by atoms with Gasteiger partial charge in [0.15, 0.2) is 0 Å². The number of amides is 1. The van der Waals surface area contributed by atoms with Crippen molar-refractivity contribution in [1.29, 1.82) is 0 Å². The molecule has 1 saturated heterocycles. The lowest BCUT2D eigenvalue weighted by Gasteiger charge is -2.31. The van der Waals surface area contributed by atoms with Gasteiger partial charge < -0.3 is 4.90 Å². The average Bonchev–Trinajstić information content (AvgIpc) is 2.41. The van der Waals surface area contributed by atoms with Gasteiger partial charge in [0.25, 0.3) is 5.91 Å². The predicted octanol–water partition coefficient (Wildman–Crippen LogP) is 3.74. The van der Waals surface area contributed by atoms with E-state index in [1.165, 1.54) is 0 Å². The molecule has 2 rings (SSSR count). The van der Waals surface area contributed by atoms with Gasteiger partial charge in [-0.25, -0.2) is 0 Å². The van der Waals surface area contributed by atoms with Crippen molar-refractivity contribution in [3.8, 4) is 0 Å². The highest BCUT2D eigenvalue weighted by atomic mass is 35.5. The van der Waals surface area contributed by atoms with Gasteiger partial charge in [0.2, 0.25) is 0 Å². The number of aryl methyl sites for hydroxylation is 1. The van der Waals surface area contributed by atoms with Crippen LogP contribution in [0.15, 0.2) is 18.2 Å². The molecule has 0 aliphatic carbocycles. The Morgan fingerprint density at radius 2 is 2.06 bits per heavy atom. The van der Waals surface area contributed by atoms with Gasteiger partial charge in [-0.05, 0) is 43.4 Å². The van der Waals surface area contributed by atoms with Crippen molar-refractivity contribution in [2.45, 2.75) is 19.8 Å². The first kappa shape index (κ1) is 13.7. The van der Waals surface area contributed by atoms with Gasteiger partial charge >= 0.3 is 0 Å². The van der Waals surface area contributed by atoms with Crippen LogP contribution in [0.2, 0.25) is 5.02 Å². The maximum atomic E-state index is 12.3. The van der Waals surface area contributed by atoms with Gasteiger partial charge in [0, 0.05) is 29.6 Å². The molecule has 1 aliphatic rings. The third kappa shape index (κ3) is 2.99. The fourth-order valence-electron chi connectivity index (χ4n) is 2.20. The molecule has 0 saturated carbocycles. The van der Waals surface area contributed by atoms with Crippen molar-refractivity contribution >= 4 is 29.1 Å². The molecule has 1 fully saturated rings. The second-order valence-corrected chi connectivity index (χ2v) is 5.57. The fraction of sp³-hybridized carbons (Fsp3) is 0.500. The molecule has 1 aromatic carbocycles. The van der Waals surface area contributed by atoms with Crippen LogP contribution in [0.25, 0.3) is 0 Å². The highest BCUT2D eigenvalue weighted by Crippen LogP contribution is 2.22. The van der Waals surface area contributed by atoms with Crippen LogP contribution in [0.1, 0.15) is 28.8 Å². The molecule has 0 radical (unpaired) electrons. The Balaban J connectivity index is 2.05. The quantitative estimate of drug-likeness (QED) is 0.758. The van der Waals surface area contributed by atoms with Crippen molar-refractivity contribution in [3.63, 3.8) is 0 Å². The van der Waals surface area contributed by atoms with E-state index in [4.69, 9.17) is 23.2 Å². The van der Waals surface area contributed by atoms with Crippen LogP contribution in [-0.4, -0.2) is 29.8 Å². The van der Waals surface area contributed by atoms with Crippen molar-refractivity contribution in [2.75, 3.05) is 19.0 Å². The number of halogens is 2. The second kappa shape index (κ2) is 5.94. The number of nitrogens with zero attached hydrogens (tertiary/aromatic N) is 1. The van der Waals surface area contributed by atoms with E-state index >= 15 is 0 Å². The monoisotopic (exact) mass is 285 g/mol. The Bertz CT molecular complexity index is 439. The minimum absolute atomic E-state index is 0.0740. The standard InChI is InChI=1S/C14H17Cl2NO/c1-10-2-3-12(8-13(10)16)14(18)17-6-4-11(9-15)5-7-17/h2-3,8,11H,4-7,9H2,1H3. The lowest BCUT2D eigenvalue weighted by Crippen LogP contribution is -2.38. The molecule has 18 heavy (non-hydrogen) atoms. The van der Waals surface area contributed by atoms with Crippen LogP contribution >= 0.6 is 23.2 Å². The molecule has 0 N–H and O–H groups in total. The van der Waals surface area contributed by atoms with E-state index in [0.29, 0.717) is 22.4 Å². The van der Waals surface area contributed by atoms with Crippen LogP contribution in [-0.2, 0) is 0 Å². The number of carbonyl (C=O) groups is 1. The van der Waals surface area contributed by atoms with Crippen LogP contribution in [0.5, 0.6) is 0 Å². The Hall–Kier alpha value is -0.730. The van der Waals surface area contributed by atoms with Gasteiger partial charge in [0.05, 0.1) is 0 Å². The molecule has 1 heterocycles. The van der Waals surface area contributed by atoms with Gasteiger partial charge in [-0.1, -0.05) is 17.7 Å². The molecular weight excluding hydrogens is 269 g/mol. The molecule has 0 atom stereocenters. The van der Waals surface area contributed by atoms with Crippen molar-refractivity contribution in [2.24, 2.45) is 5.92 Å². The number of benzene rings is 1. The molecule has 0 spiro atoms. The van der Waals surface area contributed by atoms with E-state index < -0.39 is 0 Å². The Morgan fingerprint density at radius 1 is 1.39 bits per heavy atom. The van der Waals surface area contributed by atoms with E-state index in [9.17, 15) is 4.79 Å². The van der Waals surface area contributed by atoms with Gasteiger partial charge in [-0.3, -0.25) is 4.79 Å². The second-order valence-electron chi connectivity index (χ2n) is 4.85. The highest BCUT2D eigenvalue weighted by molar-refractivity contribution is 6.31. The smallest absolute Gasteiger partial charge is 0.253 e. The Kier molecular flexibility index (Phi) is 4.52. The number of piperidine rings is 1. The molecule has 1 aromatic rings. The summed E-state index contributed by atoms with van der Waals surface area (Å²) in [6, 6.07) is 5.49. The SMILES string of the molecule is Cc1ccc(C(=O)N2CCC(CCl)CC2)cc1Cl. The molecule has 2 nitrogen and oxygen atoms in total. The number of likely N-dealkylation sites (tertiary alicyclic amines) is 1. The number of hydrogen-bond donors (Lipinski definition) is 0. The minimum Gasteiger partial charge on any atom is -0.339 e. The topological polar surface area (TPSA) is 20.3 Å². The lowest BCUT2D eigenvalue weighted by atomic mass is 9.98. The fourth-order valence-corrected chi connectivity index (χ4v) is 2.69.